The zero-order chi connectivity index (χ0) is 13.1. The maximum Gasteiger partial charge on any atom is 0.132 e. The Labute approximate surface area is 108 Å². The maximum absolute atomic E-state index is 5.96. The fourth-order valence-corrected chi connectivity index (χ4v) is 2.04. The van der Waals surface area contributed by atoms with Gasteiger partial charge in [-0.3, -0.25) is 0 Å². The summed E-state index contributed by atoms with van der Waals surface area (Å²) in [6, 6.07) is 12.3. The molecular formula is C16H19NO. The molecule has 0 atom stereocenters. The summed E-state index contributed by atoms with van der Waals surface area (Å²) in [5.74, 6) is 1.72. The first kappa shape index (κ1) is 12.7. The molecule has 0 aliphatic carbocycles. The van der Waals surface area contributed by atoms with Crippen molar-refractivity contribution in [1.29, 1.82) is 0 Å². The minimum Gasteiger partial charge on any atom is -0.457 e. The van der Waals surface area contributed by atoms with E-state index in [0.29, 0.717) is 6.54 Å². The van der Waals surface area contributed by atoms with Crippen molar-refractivity contribution >= 4 is 0 Å². The van der Waals surface area contributed by atoms with Gasteiger partial charge < -0.3 is 10.5 Å². The van der Waals surface area contributed by atoms with E-state index in [1.54, 1.807) is 0 Å². The van der Waals surface area contributed by atoms with Crippen molar-refractivity contribution < 1.29 is 4.74 Å². The molecule has 0 heterocycles. The summed E-state index contributed by atoms with van der Waals surface area (Å²) in [6.07, 6.45) is 0. The molecule has 2 rings (SSSR count). The van der Waals surface area contributed by atoms with E-state index in [4.69, 9.17) is 10.5 Å². The van der Waals surface area contributed by atoms with Crippen molar-refractivity contribution in [2.75, 3.05) is 0 Å². The normalized spacial score (nSPS) is 10.4. The second-order valence-corrected chi connectivity index (χ2v) is 4.74. The van der Waals surface area contributed by atoms with Crippen LogP contribution in [0.2, 0.25) is 0 Å². The number of nitrogens with two attached hydrogens (primary N) is 1. The fraction of sp³-hybridized carbons (Fsp3) is 0.250. The lowest BCUT2D eigenvalue weighted by Gasteiger charge is -2.12. The Morgan fingerprint density at radius 3 is 2.17 bits per heavy atom. The number of rotatable bonds is 3. The van der Waals surface area contributed by atoms with Crippen LogP contribution in [-0.4, -0.2) is 0 Å². The molecule has 0 spiro atoms. The van der Waals surface area contributed by atoms with Crippen molar-refractivity contribution in [2.45, 2.75) is 27.3 Å². The lowest BCUT2D eigenvalue weighted by atomic mass is 10.1. The van der Waals surface area contributed by atoms with Gasteiger partial charge in [0, 0.05) is 12.1 Å². The van der Waals surface area contributed by atoms with E-state index in [9.17, 15) is 0 Å². The van der Waals surface area contributed by atoms with Crippen LogP contribution >= 0.6 is 0 Å². The van der Waals surface area contributed by atoms with Gasteiger partial charge in [-0.25, -0.2) is 0 Å². The van der Waals surface area contributed by atoms with Crippen molar-refractivity contribution in [3.63, 3.8) is 0 Å². The quantitative estimate of drug-likeness (QED) is 0.885. The number of hydrogen-bond acceptors (Lipinski definition) is 2. The van der Waals surface area contributed by atoms with E-state index >= 15 is 0 Å². The van der Waals surface area contributed by atoms with Gasteiger partial charge in [0.2, 0.25) is 0 Å². The molecule has 0 aliphatic heterocycles. The Morgan fingerprint density at radius 2 is 1.56 bits per heavy atom. The van der Waals surface area contributed by atoms with Crippen LogP contribution in [0.1, 0.15) is 22.3 Å². The van der Waals surface area contributed by atoms with Gasteiger partial charge in [-0.2, -0.15) is 0 Å². The Bertz CT molecular complexity index is 541. The van der Waals surface area contributed by atoms with Crippen LogP contribution in [0.25, 0.3) is 0 Å². The van der Waals surface area contributed by atoms with Crippen LogP contribution in [0.3, 0.4) is 0 Å². The SMILES string of the molecule is Cc1cc(C)cc(Oc2cc(C)ccc2CN)c1. The van der Waals surface area contributed by atoms with E-state index < -0.39 is 0 Å². The first-order chi connectivity index (χ1) is 8.58. The Balaban J connectivity index is 2.35. The monoisotopic (exact) mass is 241 g/mol. The molecule has 0 aliphatic rings. The molecule has 0 saturated carbocycles. The third-order valence-electron chi connectivity index (χ3n) is 2.87. The van der Waals surface area contributed by atoms with Crippen molar-refractivity contribution in [3.05, 3.63) is 58.7 Å². The highest BCUT2D eigenvalue weighted by Gasteiger charge is 2.05. The molecule has 94 valence electrons. The first-order valence-corrected chi connectivity index (χ1v) is 6.14. The fourth-order valence-electron chi connectivity index (χ4n) is 2.04. The standard InChI is InChI=1S/C16H19NO/c1-11-4-5-14(10-17)16(9-11)18-15-7-12(2)6-13(3)8-15/h4-9H,10,17H2,1-3H3. The highest BCUT2D eigenvalue weighted by atomic mass is 16.5. The van der Waals surface area contributed by atoms with E-state index in [0.717, 1.165) is 17.1 Å². The van der Waals surface area contributed by atoms with Gasteiger partial charge in [0.05, 0.1) is 0 Å². The molecule has 2 aromatic rings. The van der Waals surface area contributed by atoms with Gasteiger partial charge in [0.25, 0.3) is 0 Å². The zero-order valence-electron chi connectivity index (χ0n) is 11.2. The molecule has 2 heteroatoms. The lowest BCUT2D eigenvalue weighted by molar-refractivity contribution is 0.475. The van der Waals surface area contributed by atoms with Crippen LogP contribution in [0.5, 0.6) is 11.5 Å². The second kappa shape index (κ2) is 5.23. The Morgan fingerprint density at radius 1 is 0.889 bits per heavy atom. The summed E-state index contributed by atoms with van der Waals surface area (Å²) in [4.78, 5) is 0. The molecule has 0 amide bonds. The van der Waals surface area contributed by atoms with Gasteiger partial charge >= 0.3 is 0 Å². The van der Waals surface area contributed by atoms with E-state index in [1.807, 2.05) is 24.3 Å². The number of benzene rings is 2. The Kier molecular flexibility index (Phi) is 3.68. The minimum absolute atomic E-state index is 0.487. The number of aryl methyl sites for hydroxylation is 3. The topological polar surface area (TPSA) is 35.2 Å². The van der Waals surface area contributed by atoms with Crippen LogP contribution in [0, 0.1) is 20.8 Å². The van der Waals surface area contributed by atoms with E-state index in [-0.39, 0.29) is 0 Å². The summed E-state index contributed by atoms with van der Waals surface area (Å²) in [6.45, 7) is 6.68. The summed E-state index contributed by atoms with van der Waals surface area (Å²) >= 11 is 0. The van der Waals surface area contributed by atoms with E-state index in [2.05, 4.69) is 32.9 Å². The predicted octanol–water partition coefficient (Wildman–Crippen LogP) is 3.86. The summed E-state index contributed by atoms with van der Waals surface area (Å²) in [7, 11) is 0. The first-order valence-electron chi connectivity index (χ1n) is 6.14. The van der Waals surface area contributed by atoms with Gasteiger partial charge in [-0.05, 0) is 55.7 Å². The van der Waals surface area contributed by atoms with Gasteiger partial charge in [0.15, 0.2) is 0 Å². The van der Waals surface area contributed by atoms with Crippen molar-refractivity contribution in [1.82, 2.24) is 0 Å². The van der Waals surface area contributed by atoms with Crippen molar-refractivity contribution in [3.8, 4) is 11.5 Å². The number of hydrogen-bond donors (Lipinski definition) is 1. The average molecular weight is 241 g/mol. The smallest absolute Gasteiger partial charge is 0.132 e. The molecule has 0 fully saturated rings. The average Bonchev–Trinajstić information content (AvgIpc) is 2.27. The van der Waals surface area contributed by atoms with Gasteiger partial charge in [-0.15, -0.1) is 0 Å². The van der Waals surface area contributed by atoms with Crippen LogP contribution in [-0.2, 0) is 6.54 Å². The molecular weight excluding hydrogens is 222 g/mol. The molecule has 0 bridgehead atoms. The molecule has 0 aromatic heterocycles. The highest BCUT2D eigenvalue weighted by Crippen LogP contribution is 2.27. The second-order valence-electron chi connectivity index (χ2n) is 4.74. The van der Waals surface area contributed by atoms with Crippen molar-refractivity contribution in [2.24, 2.45) is 5.73 Å². The Hall–Kier alpha value is -1.80. The van der Waals surface area contributed by atoms with Crippen LogP contribution in [0.15, 0.2) is 36.4 Å². The lowest BCUT2D eigenvalue weighted by Crippen LogP contribution is -2.00. The van der Waals surface area contributed by atoms with Gasteiger partial charge in [0.1, 0.15) is 11.5 Å². The molecule has 0 unspecified atom stereocenters. The van der Waals surface area contributed by atoms with Crippen LogP contribution in [0.4, 0.5) is 0 Å². The largest absolute Gasteiger partial charge is 0.457 e. The van der Waals surface area contributed by atoms with Gasteiger partial charge in [-0.1, -0.05) is 18.2 Å². The minimum atomic E-state index is 0.487. The predicted molar refractivity (Wildman–Crippen MR) is 75.1 cm³/mol. The summed E-state index contributed by atoms with van der Waals surface area (Å²) in [5.41, 5.74) is 10.3. The molecule has 0 radical (unpaired) electrons. The molecule has 2 nitrogen and oxygen atoms in total. The summed E-state index contributed by atoms with van der Waals surface area (Å²) < 4.78 is 5.96. The highest BCUT2D eigenvalue weighted by molar-refractivity contribution is 5.42. The summed E-state index contributed by atoms with van der Waals surface area (Å²) in [5, 5.41) is 0. The third kappa shape index (κ3) is 2.90. The molecule has 0 saturated heterocycles. The van der Waals surface area contributed by atoms with E-state index in [1.165, 1.54) is 16.7 Å². The number of ether oxygens (including phenoxy) is 1. The van der Waals surface area contributed by atoms with Crippen LogP contribution < -0.4 is 10.5 Å². The maximum atomic E-state index is 5.96. The molecule has 18 heavy (non-hydrogen) atoms. The zero-order valence-corrected chi connectivity index (χ0v) is 11.2. The molecule has 2 aromatic carbocycles. The molecule has 2 N–H and O–H groups in total. The third-order valence-corrected chi connectivity index (χ3v) is 2.87.